The average Bonchev–Trinajstić information content (AvgIpc) is 3.13. The summed E-state index contributed by atoms with van der Waals surface area (Å²) in [6.45, 7) is 12.0. The Labute approximate surface area is 311 Å². The number of hydrogen-bond acceptors (Lipinski definition) is 7. The van der Waals surface area contributed by atoms with Gasteiger partial charge in [-0.05, 0) is 136 Å². The third-order valence-electron chi connectivity index (χ3n) is 9.92. The molecule has 4 aromatic carbocycles. The van der Waals surface area contributed by atoms with Gasteiger partial charge < -0.3 is 29.6 Å². The van der Waals surface area contributed by atoms with Gasteiger partial charge in [-0.25, -0.2) is 18.0 Å². The van der Waals surface area contributed by atoms with Gasteiger partial charge in [0, 0.05) is 30.5 Å². The highest BCUT2D eigenvalue weighted by molar-refractivity contribution is 5.90. The first-order valence-corrected chi connectivity index (χ1v) is 18.3. The summed E-state index contributed by atoms with van der Waals surface area (Å²) in [5, 5.41) is 6.80. The number of methoxy groups -OCH3 is 1. The molecule has 2 heterocycles. The van der Waals surface area contributed by atoms with Crippen molar-refractivity contribution in [1.29, 1.82) is 0 Å². The summed E-state index contributed by atoms with van der Waals surface area (Å²) in [7, 11) is 1.57. The molecule has 284 valence electrons. The van der Waals surface area contributed by atoms with Gasteiger partial charge in [0.05, 0.1) is 44.7 Å². The zero-order chi connectivity index (χ0) is 37.9. The van der Waals surface area contributed by atoms with Crippen LogP contribution >= 0.6 is 0 Å². The molecule has 2 N–H and O–H groups in total. The highest BCUT2D eigenvalue weighted by atomic mass is 19.1. The van der Waals surface area contributed by atoms with Crippen LogP contribution in [-0.4, -0.2) is 58.1 Å². The SMILES string of the molecule is CCOC(=O)c1ccc(COC2CCNCC2c2ccc(F)cc2C)c(OC)c1.Cc1cc(F)cc(COC2CCNCC2c2ccc(F)cc2C)c1. The van der Waals surface area contributed by atoms with Crippen LogP contribution in [-0.2, 0) is 27.4 Å². The van der Waals surface area contributed by atoms with Crippen molar-refractivity contribution in [2.75, 3.05) is 39.9 Å². The van der Waals surface area contributed by atoms with Crippen molar-refractivity contribution in [1.82, 2.24) is 10.6 Å². The first-order chi connectivity index (χ1) is 25.6. The van der Waals surface area contributed by atoms with E-state index in [4.69, 9.17) is 18.9 Å². The van der Waals surface area contributed by atoms with Crippen LogP contribution in [0.25, 0.3) is 0 Å². The number of carbonyl (C=O) groups excluding carboxylic acids is 1. The molecule has 2 fully saturated rings. The van der Waals surface area contributed by atoms with Gasteiger partial charge in [0.15, 0.2) is 0 Å². The number of carbonyl (C=O) groups is 1. The molecule has 0 saturated carbocycles. The van der Waals surface area contributed by atoms with Crippen LogP contribution in [0.15, 0.2) is 72.8 Å². The van der Waals surface area contributed by atoms with E-state index >= 15 is 0 Å². The van der Waals surface area contributed by atoms with Crippen molar-refractivity contribution in [2.24, 2.45) is 0 Å². The Kier molecular flexibility index (Phi) is 14.5. The molecule has 2 aliphatic rings. The van der Waals surface area contributed by atoms with E-state index in [1.807, 2.05) is 45.0 Å². The molecule has 0 aromatic heterocycles. The third kappa shape index (κ3) is 10.9. The summed E-state index contributed by atoms with van der Waals surface area (Å²) in [4.78, 5) is 11.9. The quantitative estimate of drug-likeness (QED) is 0.151. The fourth-order valence-corrected chi connectivity index (χ4v) is 7.30. The maximum atomic E-state index is 13.5. The lowest BCUT2D eigenvalue weighted by atomic mass is 9.86. The van der Waals surface area contributed by atoms with E-state index in [2.05, 4.69) is 10.6 Å². The second-order valence-electron chi connectivity index (χ2n) is 13.8. The minimum atomic E-state index is -0.372. The summed E-state index contributed by atoms with van der Waals surface area (Å²) >= 11 is 0. The number of halogens is 3. The predicted molar refractivity (Wildman–Crippen MR) is 200 cm³/mol. The van der Waals surface area contributed by atoms with Gasteiger partial charge in [-0.1, -0.05) is 24.3 Å². The van der Waals surface area contributed by atoms with E-state index in [1.54, 1.807) is 38.3 Å². The molecule has 0 radical (unpaired) electrons. The molecule has 53 heavy (non-hydrogen) atoms. The summed E-state index contributed by atoms with van der Waals surface area (Å²) in [6, 6.07) is 20.1. The monoisotopic (exact) mass is 732 g/mol. The Hall–Kier alpha value is -4.22. The Morgan fingerprint density at radius 2 is 1.30 bits per heavy atom. The summed E-state index contributed by atoms with van der Waals surface area (Å²) in [5.41, 5.74) is 7.16. The fraction of sp³-hybridized carbons (Fsp3) is 0.419. The van der Waals surface area contributed by atoms with Gasteiger partial charge in [-0.2, -0.15) is 0 Å². The van der Waals surface area contributed by atoms with Gasteiger partial charge in [0.2, 0.25) is 0 Å². The Morgan fingerprint density at radius 3 is 1.83 bits per heavy atom. The van der Waals surface area contributed by atoms with Crippen molar-refractivity contribution in [2.45, 2.75) is 77.8 Å². The van der Waals surface area contributed by atoms with E-state index in [-0.39, 0.29) is 47.5 Å². The number of rotatable bonds is 11. The molecule has 4 aromatic rings. The van der Waals surface area contributed by atoms with Crippen molar-refractivity contribution in [3.8, 4) is 5.75 Å². The highest BCUT2D eigenvalue weighted by Gasteiger charge is 2.30. The van der Waals surface area contributed by atoms with Gasteiger partial charge in [0.1, 0.15) is 23.2 Å². The molecule has 7 nitrogen and oxygen atoms in total. The molecular formula is C43H51F3N2O5. The number of aryl methyl sites for hydroxylation is 3. The number of piperidine rings is 2. The first-order valence-electron chi connectivity index (χ1n) is 18.3. The maximum Gasteiger partial charge on any atom is 0.338 e. The number of nitrogens with one attached hydrogen (secondary N) is 2. The van der Waals surface area contributed by atoms with Crippen LogP contribution in [0.3, 0.4) is 0 Å². The molecule has 4 unspecified atom stereocenters. The average molecular weight is 733 g/mol. The van der Waals surface area contributed by atoms with E-state index < -0.39 is 0 Å². The van der Waals surface area contributed by atoms with E-state index in [1.165, 1.54) is 24.3 Å². The summed E-state index contributed by atoms with van der Waals surface area (Å²) in [5.74, 6) is -0.123. The molecule has 0 spiro atoms. The van der Waals surface area contributed by atoms with Gasteiger partial charge in [-0.3, -0.25) is 0 Å². The minimum absolute atomic E-state index is 0.00912. The van der Waals surface area contributed by atoms with Crippen LogP contribution < -0.4 is 15.4 Å². The summed E-state index contributed by atoms with van der Waals surface area (Å²) in [6.07, 6.45) is 1.80. The van der Waals surface area contributed by atoms with Crippen molar-refractivity contribution in [3.05, 3.63) is 135 Å². The van der Waals surface area contributed by atoms with Crippen LogP contribution in [0.5, 0.6) is 5.75 Å². The number of hydrogen-bond donors (Lipinski definition) is 2. The van der Waals surface area contributed by atoms with Crippen molar-refractivity contribution < 1.29 is 36.9 Å². The van der Waals surface area contributed by atoms with Crippen molar-refractivity contribution in [3.63, 3.8) is 0 Å². The molecule has 0 bridgehead atoms. The van der Waals surface area contributed by atoms with Crippen LogP contribution in [0.1, 0.15) is 80.9 Å². The lowest BCUT2D eigenvalue weighted by molar-refractivity contribution is 0.00598. The minimum Gasteiger partial charge on any atom is -0.496 e. The Balaban J connectivity index is 0.000000208. The largest absolute Gasteiger partial charge is 0.496 e. The second kappa shape index (κ2) is 19.2. The molecule has 0 aliphatic carbocycles. The molecule has 6 rings (SSSR count). The number of ether oxygens (including phenoxy) is 4. The molecule has 0 amide bonds. The second-order valence-corrected chi connectivity index (χ2v) is 13.8. The van der Waals surface area contributed by atoms with E-state index in [9.17, 15) is 18.0 Å². The van der Waals surface area contributed by atoms with Crippen LogP contribution in [0.2, 0.25) is 0 Å². The molecule has 4 atom stereocenters. The first kappa shape index (κ1) is 40.0. The van der Waals surface area contributed by atoms with E-state index in [0.29, 0.717) is 31.1 Å². The van der Waals surface area contributed by atoms with Gasteiger partial charge in [0.25, 0.3) is 0 Å². The molecule has 2 aliphatic heterocycles. The molecular weight excluding hydrogens is 681 g/mol. The van der Waals surface area contributed by atoms with Crippen LogP contribution in [0, 0.1) is 38.2 Å². The lowest BCUT2D eigenvalue weighted by Crippen LogP contribution is -2.40. The fourth-order valence-electron chi connectivity index (χ4n) is 7.30. The number of benzene rings is 4. The topological polar surface area (TPSA) is 78.1 Å². The molecule has 10 heteroatoms. The molecule has 2 saturated heterocycles. The third-order valence-corrected chi connectivity index (χ3v) is 9.92. The summed E-state index contributed by atoms with van der Waals surface area (Å²) < 4.78 is 63.3. The maximum absolute atomic E-state index is 13.5. The zero-order valence-electron chi connectivity index (χ0n) is 31.3. The zero-order valence-corrected chi connectivity index (χ0v) is 31.3. The van der Waals surface area contributed by atoms with Crippen molar-refractivity contribution >= 4 is 5.97 Å². The Bertz CT molecular complexity index is 1820. The van der Waals surface area contributed by atoms with Crippen LogP contribution in [0.4, 0.5) is 13.2 Å². The standard InChI is InChI=1S/C23H28FNO4.C20H23F2NO/c1-4-28-23(26)16-5-6-17(22(12-16)27-3)14-29-21-9-10-25-13-20(21)19-8-7-18(24)11-15(19)2;1-13-7-15(10-17(22)8-13)12-24-20-5-6-23-11-19(20)18-4-3-16(21)9-14(18)2/h5-8,11-12,20-21,25H,4,9-10,13-14H2,1-3H3;3-4,7-10,19-20,23H,5-6,11-12H2,1-2H3. The van der Waals surface area contributed by atoms with Gasteiger partial charge in [-0.15, -0.1) is 0 Å². The van der Waals surface area contributed by atoms with E-state index in [0.717, 1.165) is 78.0 Å². The predicted octanol–water partition coefficient (Wildman–Crippen LogP) is 8.23. The number of esters is 1. The normalized spacial score (nSPS) is 19.9. The smallest absolute Gasteiger partial charge is 0.338 e. The van der Waals surface area contributed by atoms with Gasteiger partial charge >= 0.3 is 5.97 Å². The Morgan fingerprint density at radius 1 is 0.717 bits per heavy atom. The highest BCUT2D eigenvalue weighted by Crippen LogP contribution is 2.32. The lowest BCUT2D eigenvalue weighted by Gasteiger charge is -2.33.